The number of benzene rings is 1. The van der Waals surface area contributed by atoms with Gasteiger partial charge in [-0.15, -0.1) is 11.8 Å². The number of thioether (sulfide) groups is 1. The first-order valence-corrected chi connectivity index (χ1v) is 8.39. The van der Waals surface area contributed by atoms with E-state index in [-0.39, 0.29) is 0 Å². The van der Waals surface area contributed by atoms with E-state index in [1.807, 2.05) is 11.8 Å². The molecular weight excluding hydrogens is 270 g/mol. The maximum absolute atomic E-state index is 5.46. The predicted molar refractivity (Wildman–Crippen MR) is 84.3 cm³/mol. The topological polar surface area (TPSA) is 30.5 Å². The molecule has 0 amide bonds. The number of hydrogen-bond donors (Lipinski definition) is 1. The number of hydrogen-bond acceptors (Lipinski definition) is 4. The van der Waals surface area contributed by atoms with Crippen LogP contribution < -0.4 is 5.32 Å². The molecule has 1 fully saturated rings. The van der Waals surface area contributed by atoms with Gasteiger partial charge < -0.3 is 14.8 Å². The summed E-state index contributed by atoms with van der Waals surface area (Å²) < 4.78 is 10.4. The van der Waals surface area contributed by atoms with Crippen LogP contribution in [0.1, 0.15) is 24.8 Å². The van der Waals surface area contributed by atoms with Crippen LogP contribution in [0.5, 0.6) is 0 Å². The first kappa shape index (κ1) is 15.8. The fourth-order valence-corrected chi connectivity index (χ4v) is 2.80. The van der Waals surface area contributed by atoms with Gasteiger partial charge in [-0.1, -0.05) is 12.1 Å². The monoisotopic (exact) mass is 295 g/mol. The Kier molecular flexibility index (Phi) is 7.44. The molecule has 20 heavy (non-hydrogen) atoms. The molecule has 1 aromatic carbocycles. The van der Waals surface area contributed by atoms with E-state index in [9.17, 15) is 0 Å². The summed E-state index contributed by atoms with van der Waals surface area (Å²) in [4.78, 5) is 1.36. The summed E-state index contributed by atoms with van der Waals surface area (Å²) in [5, 5.41) is 3.55. The van der Waals surface area contributed by atoms with E-state index in [2.05, 4.69) is 29.6 Å². The van der Waals surface area contributed by atoms with Crippen LogP contribution in [-0.2, 0) is 16.0 Å². The van der Waals surface area contributed by atoms with Gasteiger partial charge in [0.2, 0.25) is 0 Å². The van der Waals surface area contributed by atoms with Crippen molar-refractivity contribution in [3.05, 3.63) is 29.8 Å². The molecule has 2 rings (SSSR count). The zero-order chi connectivity index (χ0) is 14.0. The molecule has 0 saturated heterocycles. The van der Waals surface area contributed by atoms with Crippen molar-refractivity contribution in [1.29, 1.82) is 0 Å². The van der Waals surface area contributed by atoms with Crippen molar-refractivity contribution in [1.82, 2.24) is 5.32 Å². The van der Waals surface area contributed by atoms with Crippen LogP contribution in [0.3, 0.4) is 0 Å². The van der Waals surface area contributed by atoms with E-state index in [1.54, 1.807) is 7.11 Å². The molecule has 0 atom stereocenters. The molecule has 4 heteroatoms. The Morgan fingerprint density at radius 3 is 2.95 bits per heavy atom. The average Bonchev–Trinajstić information content (AvgIpc) is 3.29. The summed E-state index contributed by atoms with van der Waals surface area (Å²) in [5.74, 6) is 1.10. The molecule has 0 aromatic heterocycles. The van der Waals surface area contributed by atoms with Crippen molar-refractivity contribution < 1.29 is 9.47 Å². The van der Waals surface area contributed by atoms with Crippen molar-refractivity contribution >= 4 is 11.8 Å². The molecule has 1 aliphatic rings. The molecule has 1 N–H and O–H groups in total. The first-order chi connectivity index (χ1) is 9.88. The zero-order valence-electron chi connectivity index (χ0n) is 12.3. The van der Waals surface area contributed by atoms with Crippen LogP contribution in [0.2, 0.25) is 0 Å². The molecule has 3 nitrogen and oxygen atoms in total. The Bertz CT molecular complexity index is 382. The Morgan fingerprint density at radius 1 is 1.25 bits per heavy atom. The van der Waals surface area contributed by atoms with Crippen LogP contribution in [0.15, 0.2) is 29.2 Å². The van der Waals surface area contributed by atoms with Crippen molar-refractivity contribution in [2.75, 3.05) is 32.7 Å². The molecule has 0 unspecified atom stereocenters. The highest BCUT2D eigenvalue weighted by atomic mass is 32.2. The summed E-state index contributed by atoms with van der Waals surface area (Å²) in [6, 6.07) is 9.62. The second-order valence-corrected chi connectivity index (χ2v) is 6.28. The van der Waals surface area contributed by atoms with Crippen LogP contribution in [0.25, 0.3) is 0 Å². The van der Waals surface area contributed by atoms with Gasteiger partial charge in [-0.05, 0) is 37.0 Å². The van der Waals surface area contributed by atoms with Gasteiger partial charge >= 0.3 is 0 Å². The maximum Gasteiger partial charge on any atom is 0.0700 e. The standard InChI is InChI=1S/C16H25NO2S/c1-18-9-10-19-8-3-11-20-16-5-2-4-14(12-16)13-17-15-6-7-15/h2,4-5,12,15,17H,3,6-11,13H2,1H3. The molecule has 1 saturated carbocycles. The summed E-state index contributed by atoms with van der Waals surface area (Å²) in [5.41, 5.74) is 1.39. The van der Waals surface area contributed by atoms with Crippen molar-refractivity contribution in [3.63, 3.8) is 0 Å². The summed E-state index contributed by atoms with van der Waals surface area (Å²) in [6.45, 7) is 3.20. The smallest absolute Gasteiger partial charge is 0.0700 e. The summed E-state index contributed by atoms with van der Waals surface area (Å²) >= 11 is 1.91. The van der Waals surface area contributed by atoms with Gasteiger partial charge in [0.05, 0.1) is 13.2 Å². The lowest BCUT2D eigenvalue weighted by molar-refractivity contribution is 0.0713. The second-order valence-electron chi connectivity index (χ2n) is 5.11. The Balaban J connectivity index is 1.58. The van der Waals surface area contributed by atoms with E-state index >= 15 is 0 Å². The van der Waals surface area contributed by atoms with Crippen LogP contribution in [-0.4, -0.2) is 38.7 Å². The molecular formula is C16H25NO2S. The molecule has 112 valence electrons. The minimum Gasteiger partial charge on any atom is -0.382 e. The molecule has 1 aromatic rings. The third-order valence-electron chi connectivity index (χ3n) is 3.20. The Labute approximate surface area is 126 Å². The number of nitrogens with one attached hydrogen (secondary N) is 1. The van der Waals surface area contributed by atoms with E-state index < -0.39 is 0 Å². The highest BCUT2D eigenvalue weighted by molar-refractivity contribution is 7.99. The largest absolute Gasteiger partial charge is 0.382 e. The molecule has 0 spiro atoms. The fourth-order valence-electron chi connectivity index (χ4n) is 1.89. The minimum absolute atomic E-state index is 0.684. The van der Waals surface area contributed by atoms with E-state index in [4.69, 9.17) is 9.47 Å². The predicted octanol–water partition coefficient (Wildman–Crippen LogP) is 3.08. The van der Waals surface area contributed by atoms with Crippen molar-refractivity contribution in [3.8, 4) is 0 Å². The zero-order valence-corrected chi connectivity index (χ0v) is 13.1. The summed E-state index contributed by atoms with van der Waals surface area (Å²) in [7, 11) is 1.70. The first-order valence-electron chi connectivity index (χ1n) is 7.40. The van der Waals surface area contributed by atoms with Crippen molar-refractivity contribution in [2.45, 2.75) is 36.7 Å². The van der Waals surface area contributed by atoms with Crippen LogP contribution >= 0.6 is 11.8 Å². The third-order valence-corrected chi connectivity index (χ3v) is 4.28. The highest BCUT2D eigenvalue weighted by Gasteiger charge is 2.19. The van der Waals surface area contributed by atoms with Gasteiger partial charge in [-0.3, -0.25) is 0 Å². The Morgan fingerprint density at radius 2 is 2.15 bits per heavy atom. The summed E-state index contributed by atoms with van der Waals surface area (Å²) in [6.07, 6.45) is 3.77. The number of rotatable bonds is 11. The van der Waals surface area contributed by atoms with Gasteiger partial charge in [0.15, 0.2) is 0 Å². The third kappa shape index (κ3) is 6.75. The fraction of sp³-hybridized carbons (Fsp3) is 0.625. The van der Waals surface area contributed by atoms with E-state index in [0.29, 0.717) is 13.2 Å². The van der Waals surface area contributed by atoms with Gasteiger partial charge in [0.1, 0.15) is 0 Å². The number of ether oxygens (including phenoxy) is 2. The van der Waals surface area contributed by atoms with Gasteiger partial charge in [0, 0.05) is 37.0 Å². The quantitative estimate of drug-likeness (QED) is 0.502. The Hall–Kier alpha value is -0.550. The van der Waals surface area contributed by atoms with Crippen molar-refractivity contribution in [2.24, 2.45) is 0 Å². The normalized spacial score (nSPS) is 14.7. The minimum atomic E-state index is 0.684. The van der Waals surface area contributed by atoms with E-state index in [1.165, 1.54) is 23.3 Å². The molecule has 0 bridgehead atoms. The van der Waals surface area contributed by atoms with Gasteiger partial charge in [-0.25, -0.2) is 0 Å². The molecule has 0 radical (unpaired) electrons. The maximum atomic E-state index is 5.46. The molecule has 0 aliphatic heterocycles. The highest BCUT2D eigenvalue weighted by Crippen LogP contribution is 2.22. The lowest BCUT2D eigenvalue weighted by Crippen LogP contribution is -2.15. The number of methoxy groups -OCH3 is 1. The second kappa shape index (κ2) is 9.40. The molecule has 1 aliphatic carbocycles. The SMILES string of the molecule is COCCOCCCSc1cccc(CNC2CC2)c1. The lowest BCUT2D eigenvalue weighted by Gasteiger charge is -2.07. The van der Waals surface area contributed by atoms with Crippen LogP contribution in [0.4, 0.5) is 0 Å². The van der Waals surface area contributed by atoms with Gasteiger partial charge in [0.25, 0.3) is 0 Å². The average molecular weight is 295 g/mol. The van der Waals surface area contributed by atoms with E-state index in [0.717, 1.165) is 31.4 Å². The van der Waals surface area contributed by atoms with Gasteiger partial charge in [-0.2, -0.15) is 0 Å². The molecule has 0 heterocycles. The van der Waals surface area contributed by atoms with Crippen LogP contribution in [0, 0.1) is 0 Å². The lowest BCUT2D eigenvalue weighted by atomic mass is 10.2.